The van der Waals surface area contributed by atoms with E-state index in [4.69, 9.17) is 0 Å². The highest BCUT2D eigenvalue weighted by atomic mass is 35.5. The summed E-state index contributed by atoms with van der Waals surface area (Å²) in [6.45, 7) is 1.21. The van der Waals surface area contributed by atoms with E-state index in [-0.39, 0.29) is 43.2 Å². The van der Waals surface area contributed by atoms with Crippen LogP contribution in [-0.4, -0.2) is 52.5 Å². The summed E-state index contributed by atoms with van der Waals surface area (Å²) in [6, 6.07) is 39.2. The van der Waals surface area contributed by atoms with Gasteiger partial charge in [-0.3, -0.25) is 9.69 Å². The number of hydrogen-bond donors (Lipinski definition) is 1. The minimum absolute atomic E-state index is 0. The Bertz CT molecular complexity index is 1260. The Kier molecular flexibility index (Phi) is 9.53. The molecule has 4 aromatic carbocycles. The molecule has 6 heteroatoms. The first kappa shape index (κ1) is 28.1. The van der Waals surface area contributed by atoms with Crippen molar-refractivity contribution >= 4 is 24.3 Å². The van der Waals surface area contributed by atoms with Crippen LogP contribution in [0.1, 0.15) is 40.6 Å². The maximum absolute atomic E-state index is 13.7. The van der Waals surface area contributed by atoms with Gasteiger partial charge in [-0.25, -0.2) is 4.79 Å². The van der Waals surface area contributed by atoms with Crippen molar-refractivity contribution < 1.29 is 14.7 Å². The lowest BCUT2D eigenvalue weighted by molar-refractivity contribution is -0.154. The molecule has 1 fully saturated rings. The molecule has 0 aromatic heterocycles. The molecule has 0 spiro atoms. The lowest BCUT2D eigenvalue weighted by atomic mass is 9.87. The molecule has 1 unspecified atom stereocenters. The van der Waals surface area contributed by atoms with Gasteiger partial charge in [0.25, 0.3) is 0 Å². The van der Waals surface area contributed by atoms with Crippen molar-refractivity contribution in [3.8, 4) is 0 Å². The van der Waals surface area contributed by atoms with E-state index in [2.05, 4.69) is 29.2 Å². The van der Waals surface area contributed by atoms with Gasteiger partial charge in [-0.2, -0.15) is 0 Å². The Labute approximate surface area is 236 Å². The maximum Gasteiger partial charge on any atom is 0.327 e. The molecule has 39 heavy (non-hydrogen) atoms. The number of halogens is 1. The first-order valence-electron chi connectivity index (χ1n) is 13.1. The quantitative estimate of drug-likeness (QED) is 0.297. The summed E-state index contributed by atoms with van der Waals surface area (Å²) in [7, 11) is 0. The first-order valence-corrected chi connectivity index (χ1v) is 13.1. The Morgan fingerprint density at radius 3 is 1.49 bits per heavy atom. The van der Waals surface area contributed by atoms with Gasteiger partial charge in [0.15, 0.2) is 0 Å². The Morgan fingerprint density at radius 1 is 0.667 bits per heavy atom. The minimum Gasteiger partial charge on any atom is -0.480 e. The van der Waals surface area contributed by atoms with Crippen molar-refractivity contribution in [3.05, 3.63) is 144 Å². The number of carboxylic acid groups (broad SMARTS) is 1. The zero-order valence-electron chi connectivity index (χ0n) is 21.7. The van der Waals surface area contributed by atoms with Crippen LogP contribution in [-0.2, 0) is 9.59 Å². The van der Waals surface area contributed by atoms with Crippen LogP contribution in [0.3, 0.4) is 0 Å². The Hall–Kier alpha value is -3.93. The molecule has 1 aliphatic rings. The normalized spacial score (nSPS) is 15.6. The average Bonchev–Trinajstić information content (AvgIpc) is 2.98. The van der Waals surface area contributed by atoms with Gasteiger partial charge in [-0.1, -0.05) is 121 Å². The average molecular weight is 541 g/mol. The predicted octanol–water partition coefficient (Wildman–Crippen LogP) is 6.02. The third-order valence-electron chi connectivity index (χ3n) is 7.40. The van der Waals surface area contributed by atoms with Crippen LogP contribution in [0.15, 0.2) is 121 Å². The molecule has 0 aliphatic carbocycles. The van der Waals surface area contributed by atoms with Crippen molar-refractivity contribution in [2.45, 2.75) is 24.4 Å². The van der Waals surface area contributed by atoms with Crippen LogP contribution in [0.5, 0.6) is 0 Å². The number of carbonyl (C=O) groups is 2. The van der Waals surface area contributed by atoms with Gasteiger partial charge in [-0.15, -0.1) is 12.4 Å². The molecule has 1 aliphatic heterocycles. The second kappa shape index (κ2) is 13.2. The number of aliphatic carboxylic acids is 1. The number of nitrogens with zero attached hydrogens (tertiary/aromatic N) is 2. The van der Waals surface area contributed by atoms with Crippen LogP contribution < -0.4 is 0 Å². The number of carbonyl (C=O) groups excluding carboxylic acids is 1. The molecule has 0 saturated carbocycles. The smallest absolute Gasteiger partial charge is 0.327 e. The van der Waals surface area contributed by atoms with Gasteiger partial charge >= 0.3 is 5.97 Å². The van der Waals surface area contributed by atoms with E-state index < -0.39 is 12.0 Å². The molecule has 1 amide bonds. The second-order valence-corrected chi connectivity index (χ2v) is 9.74. The van der Waals surface area contributed by atoms with E-state index in [0.29, 0.717) is 13.1 Å². The van der Waals surface area contributed by atoms with Gasteiger partial charge in [0.2, 0.25) is 5.91 Å². The summed E-state index contributed by atoms with van der Waals surface area (Å²) < 4.78 is 0. The zero-order chi connectivity index (χ0) is 26.3. The van der Waals surface area contributed by atoms with Crippen molar-refractivity contribution in [3.63, 3.8) is 0 Å². The first-order chi connectivity index (χ1) is 18.6. The van der Waals surface area contributed by atoms with Gasteiger partial charge in [0.1, 0.15) is 6.04 Å². The van der Waals surface area contributed by atoms with E-state index in [1.807, 2.05) is 97.1 Å². The molecular formula is C33H33ClN2O3. The molecule has 1 heterocycles. The van der Waals surface area contributed by atoms with Crippen LogP contribution in [0.2, 0.25) is 0 Å². The lowest BCUT2D eigenvalue weighted by Gasteiger charge is -2.43. The van der Waals surface area contributed by atoms with Gasteiger partial charge < -0.3 is 10.0 Å². The summed E-state index contributed by atoms with van der Waals surface area (Å²) in [6.07, 6.45) is 0.221. The van der Waals surface area contributed by atoms with Crippen molar-refractivity contribution in [2.24, 2.45) is 0 Å². The van der Waals surface area contributed by atoms with Crippen molar-refractivity contribution in [2.75, 3.05) is 19.6 Å². The molecule has 0 bridgehead atoms. The molecule has 200 valence electrons. The lowest BCUT2D eigenvalue weighted by Crippen LogP contribution is -2.59. The van der Waals surface area contributed by atoms with Gasteiger partial charge in [0, 0.05) is 32.0 Å². The zero-order valence-corrected chi connectivity index (χ0v) is 22.5. The molecular weight excluding hydrogens is 508 g/mol. The van der Waals surface area contributed by atoms with Crippen LogP contribution in [0.4, 0.5) is 0 Å². The van der Waals surface area contributed by atoms with E-state index in [1.54, 1.807) is 4.90 Å². The molecule has 4 aromatic rings. The number of piperazine rings is 1. The SMILES string of the molecule is Cl.O=C(O)C1CN(C(c2ccccc2)c2ccccc2)CCN1C(=O)CC(c1ccccc1)c1ccccc1. The third kappa shape index (κ3) is 6.56. The van der Waals surface area contributed by atoms with Crippen molar-refractivity contribution in [1.29, 1.82) is 0 Å². The summed E-state index contributed by atoms with van der Waals surface area (Å²) in [5.41, 5.74) is 4.31. The third-order valence-corrected chi connectivity index (χ3v) is 7.40. The van der Waals surface area contributed by atoms with E-state index in [9.17, 15) is 14.7 Å². The highest BCUT2D eigenvalue weighted by molar-refractivity contribution is 5.85. The van der Waals surface area contributed by atoms with E-state index in [0.717, 1.165) is 22.3 Å². The fraction of sp³-hybridized carbons (Fsp3) is 0.212. The molecule has 5 nitrogen and oxygen atoms in total. The van der Waals surface area contributed by atoms with Crippen molar-refractivity contribution in [1.82, 2.24) is 9.80 Å². The number of rotatable bonds is 8. The van der Waals surface area contributed by atoms with Crippen LogP contribution in [0.25, 0.3) is 0 Å². The summed E-state index contributed by atoms with van der Waals surface area (Å²) >= 11 is 0. The maximum atomic E-state index is 13.7. The molecule has 5 rings (SSSR count). The van der Waals surface area contributed by atoms with E-state index in [1.165, 1.54) is 0 Å². The van der Waals surface area contributed by atoms with Crippen LogP contribution >= 0.6 is 12.4 Å². The Morgan fingerprint density at radius 2 is 1.08 bits per heavy atom. The fourth-order valence-corrected chi connectivity index (χ4v) is 5.52. The standard InChI is InChI=1S/C33H32N2O3.ClH/c36-31(23-29(25-13-5-1-6-14-25)26-15-7-2-8-16-26)35-22-21-34(24-30(35)33(37)38)32(27-17-9-3-10-18-27)28-19-11-4-12-20-28;/h1-20,29-30,32H,21-24H2,(H,37,38);1H. The highest BCUT2D eigenvalue weighted by Crippen LogP contribution is 2.33. The largest absolute Gasteiger partial charge is 0.480 e. The summed E-state index contributed by atoms with van der Waals surface area (Å²) in [4.78, 5) is 30.0. The molecule has 1 N–H and O–H groups in total. The predicted molar refractivity (Wildman–Crippen MR) is 156 cm³/mol. The van der Waals surface area contributed by atoms with E-state index >= 15 is 0 Å². The number of hydrogen-bond acceptors (Lipinski definition) is 3. The molecule has 1 atom stereocenters. The number of benzene rings is 4. The van der Waals surface area contributed by atoms with Crippen LogP contribution in [0, 0.1) is 0 Å². The second-order valence-electron chi connectivity index (χ2n) is 9.74. The minimum atomic E-state index is -0.973. The fourth-order valence-electron chi connectivity index (χ4n) is 5.52. The number of amides is 1. The van der Waals surface area contributed by atoms with Gasteiger partial charge in [0.05, 0.1) is 6.04 Å². The highest BCUT2D eigenvalue weighted by Gasteiger charge is 2.39. The monoisotopic (exact) mass is 540 g/mol. The van der Waals surface area contributed by atoms with Gasteiger partial charge in [-0.05, 0) is 22.3 Å². The number of carboxylic acids is 1. The summed E-state index contributed by atoms with van der Waals surface area (Å²) in [5, 5.41) is 10.2. The molecule has 1 saturated heterocycles. The Balaban J connectivity index is 0.00000353. The molecule has 0 radical (unpaired) electrons. The summed E-state index contributed by atoms with van der Waals surface area (Å²) in [5.74, 6) is -1.25. The topological polar surface area (TPSA) is 60.9 Å².